The van der Waals surface area contributed by atoms with Crippen molar-refractivity contribution in [3.05, 3.63) is 29.3 Å². The van der Waals surface area contributed by atoms with Crippen molar-refractivity contribution in [1.82, 2.24) is 0 Å². The van der Waals surface area contributed by atoms with Gasteiger partial charge in [-0.1, -0.05) is 0 Å². The summed E-state index contributed by atoms with van der Waals surface area (Å²) in [5.41, 5.74) is -0.615. The molecule has 0 amide bonds. The third-order valence-corrected chi connectivity index (χ3v) is 1.81. The molecule has 1 aromatic carbocycles. The summed E-state index contributed by atoms with van der Waals surface area (Å²) in [5, 5.41) is 25.9. The summed E-state index contributed by atoms with van der Waals surface area (Å²) < 4.78 is 4.72. The van der Waals surface area contributed by atoms with Crippen LogP contribution in [0, 0.1) is 0 Å². The predicted molar refractivity (Wildman–Crippen MR) is 53.5 cm³/mol. The van der Waals surface area contributed by atoms with E-state index >= 15 is 0 Å². The zero-order valence-electron chi connectivity index (χ0n) is 8.41. The van der Waals surface area contributed by atoms with E-state index < -0.39 is 30.1 Å². The second kappa shape index (κ2) is 4.97. The van der Waals surface area contributed by atoms with Crippen LogP contribution in [0.3, 0.4) is 0 Å². The lowest BCUT2D eigenvalue weighted by Gasteiger charge is -2.07. The minimum absolute atomic E-state index is 0.190. The molecule has 7 nitrogen and oxygen atoms in total. The standard InChI is InChI=1S/C10H8O7/c11-8(12)4-17-7-2-1-5(9(13)14)3-6(7)10(15)16/h1-3H,4H2,(H,11,12)(H,13,14)(H,15,16). The Kier molecular flexibility index (Phi) is 3.66. The lowest BCUT2D eigenvalue weighted by Crippen LogP contribution is -2.12. The largest absolute Gasteiger partial charge is 0.481 e. The van der Waals surface area contributed by atoms with Crippen LogP contribution in [0.5, 0.6) is 5.75 Å². The zero-order valence-corrected chi connectivity index (χ0v) is 8.41. The summed E-state index contributed by atoms with van der Waals surface area (Å²) in [6.07, 6.45) is 0. The van der Waals surface area contributed by atoms with Gasteiger partial charge in [0, 0.05) is 0 Å². The van der Waals surface area contributed by atoms with Gasteiger partial charge in [0.2, 0.25) is 0 Å². The van der Waals surface area contributed by atoms with Crippen LogP contribution in [0.15, 0.2) is 18.2 Å². The summed E-state index contributed by atoms with van der Waals surface area (Å²) in [7, 11) is 0. The molecule has 0 bridgehead atoms. The number of rotatable bonds is 5. The lowest BCUT2D eigenvalue weighted by molar-refractivity contribution is -0.139. The van der Waals surface area contributed by atoms with Gasteiger partial charge in [0.1, 0.15) is 11.3 Å². The SMILES string of the molecule is O=C(O)COc1ccc(C(=O)O)cc1C(=O)O. The Hall–Kier alpha value is -2.57. The van der Waals surface area contributed by atoms with Crippen molar-refractivity contribution in [2.24, 2.45) is 0 Å². The van der Waals surface area contributed by atoms with Gasteiger partial charge in [-0.2, -0.15) is 0 Å². The molecule has 0 aliphatic carbocycles. The summed E-state index contributed by atoms with van der Waals surface area (Å²) in [6.45, 7) is -0.702. The van der Waals surface area contributed by atoms with Gasteiger partial charge < -0.3 is 20.1 Å². The quantitative estimate of drug-likeness (QED) is 0.686. The van der Waals surface area contributed by atoms with Crippen molar-refractivity contribution in [3.8, 4) is 5.75 Å². The fourth-order valence-corrected chi connectivity index (χ4v) is 1.10. The number of carboxylic acid groups (broad SMARTS) is 3. The van der Waals surface area contributed by atoms with Crippen LogP contribution >= 0.6 is 0 Å². The van der Waals surface area contributed by atoms with Crippen LogP contribution < -0.4 is 4.74 Å². The Bertz CT molecular complexity index is 478. The number of hydrogen-bond donors (Lipinski definition) is 3. The number of carbonyl (C=O) groups is 3. The average molecular weight is 240 g/mol. The van der Waals surface area contributed by atoms with Gasteiger partial charge in [0.15, 0.2) is 6.61 Å². The number of benzene rings is 1. The fourth-order valence-electron chi connectivity index (χ4n) is 1.10. The van der Waals surface area contributed by atoms with Crippen LogP contribution in [-0.4, -0.2) is 39.8 Å². The van der Waals surface area contributed by atoms with E-state index in [0.717, 1.165) is 18.2 Å². The minimum Gasteiger partial charge on any atom is -0.481 e. The molecule has 0 saturated heterocycles. The van der Waals surface area contributed by atoms with Crippen LogP contribution in [-0.2, 0) is 4.79 Å². The molecule has 7 heteroatoms. The van der Waals surface area contributed by atoms with Gasteiger partial charge in [-0.05, 0) is 18.2 Å². The summed E-state index contributed by atoms with van der Waals surface area (Å²) in [4.78, 5) is 31.7. The number of aromatic carboxylic acids is 2. The number of carboxylic acids is 3. The molecule has 3 N–H and O–H groups in total. The van der Waals surface area contributed by atoms with Crippen molar-refractivity contribution in [2.45, 2.75) is 0 Å². The molecule has 0 fully saturated rings. The van der Waals surface area contributed by atoms with E-state index in [2.05, 4.69) is 0 Å². The van der Waals surface area contributed by atoms with E-state index in [-0.39, 0.29) is 11.3 Å². The summed E-state index contributed by atoms with van der Waals surface area (Å²) >= 11 is 0. The number of ether oxygens (including phenoxy) is 1. The monoisotopic (exact) mass is 240 g/mol. The van der Waals surface area contributed by atoms with E-state index in [1.807, 2.05) is 0 Å². The van der Waals surface area contributed by atoms with E-state index in [1.54, 1.807) is 0 Å². The molecule has 0 saturated carbocycles. The molecule has 0 aliphatic heterocycles. The van der Waals surface area contributed by atoms with Crippen LogP contribution in [0.1, 0.15) is 20.7 Å². The normalized spacial score (nSPS) is 9.65. The molecule has 0 unspecified atom stereocenters. The fraction of sp³-hybridized carbons (Fsp3) is 0.100. The third-order valence-electron chi connectivity index (χ3n) is 1.81. The van der Waals surface area contributed by atoms with E-state index in [9.17, 15) is 14.4 Å². The van der Waals surface area contributed by atoms with E-state index in [0.29, 0.717) is 0 Å². The predicted octanol–water partition coefficient (Wildman–Crippen LogP) is 0.546. The van der Waals surface area contributed by atoms with Gasteiger partial charge in [-0.25, -0.2) is 14.4 Å². The molecule has 17 heavy (non-hydrogen) atoms. The zero-order chi connectivity index (χ0) is 13.0. The highest BCUT2D eigenvalue weighted by atomic mass is 16.5. The molecule has 0 aliphatic rings. The Morgan fingerprint density at radius 1 is 1.06 bits per heavy atom. The minimum atomic E-state index is -1.39. The molecule has 1 aromatic rings. The average Bonchev–Trinajstić information content (AvgIpc) is 2.25. The summed E-state index contributed by atoms with van der Waals surface area (Å²) in [5.74, 6) is -4.13. The van der Waals surface area contributed by atoms with Gasteiger partial charge in [-0.15, -0.1) is 0 Å². The van der Waals surface area contributed by atoms with Crippen molar-refractivity contribution in [1.29, 1.82) is 0 Å². The van der Waals surface area contributed by atoms with Gasteiger partial charge >= 0.3 is 17.9 Å². The Balaban J connectivity index is 3.08. The maximum absolute atomic E-state index is 10.8. The second-order valence-corrected chi connectivity index (χ2v) is 3.00. The smallest absolute Gasteiger partial charge is 0.341 e. The van der Waals surface area contributed by atoms with E-state index in [1.165, 1.54) is 0 Å². The van der Waals surface area contributed by atoms with Gasteiger partial charge in [-0.3, -0.25) is 0 Å². The topological polar surface area (TPSA) is 121 Å². The molecular weight excluding hydrogens is 232 g/mol. The number of aliphatic carboxylic acids is 1. The molecule has 90 valence electrons. The first kappa shape index (κ1) is 12.5. The van der Waals surface area contributed by atoms with Gasteiger partial charge in [0.05, 0.1) is 5.56 Å². The molecule has 0 aromatic heterocycles. The number of hydrogen-bond acceptors (Lipinski definition) is 4. The highest BCUT2D eigenvalue weighted by molar-refractivity contribution is 5.95. The first-order chi connectivity index (χ1) is 7.91. The first-order valence-electron chi connectivity index (χ1n) is 4.37. The molecule has 0 heterocycles. The Morgan fingerprint density at radius 2 is 1.71 bits per heavy atom. The molecular formula is C10H8O7. The van der Waals surface area contributed by atoms with Crippen molar-refractivity contribution in [2.75, 3.05) is 6.61 Å². The highest BCUT2D eigenvalue weighted by Gasteiger charge is 2.15. The summed E-state index contributed by atoms with van der Waals surface area (Å²) in [6, 6.07) is 3.14. The molecule has 0 atom stereocenters. The lowest BCUT2D eigenvalue weighted by atomic mass is 10.1. The van der Waals surface area contributed by atoms with E-state index in [4.69, 9.17) is 20.1 Å². The third kappa shape index (κ3) is 3.20. The molecule has 1 rings (SSSR count). The molecule has 0 spiro atoms. The maximum Gasteiger partial charge on any atom is 0.341 e. The van der Waals surface area contributed by atoms with Crippen LogP contribution in [0.2, 0.25) is 0 Å². The second-order valence-electron chi connectivity index (χ2n) is 3.00. The molecule has 0 radical (unpaired) electrons. The van der Waals surface area contributed by atoms with Crippen LogP contribution in [0.4, 0.5) is 0 Å². The van der Waals surface area contributed by atoms with Crippen molar-refractivity contribution in [3.63, 3.8) is 0 Å². The van der Waals surface area contributed by atoms with Crippen molar-refractivity contribution < 1.29 is 34.4 Å². The van der Waals surface area contributed by atoms with Gasteiger partial charge in [0.25, 0.3) is 0 Å². The Labute approximate surface area is 94.9 Å². The van der Waals surface area contributed by atoms with Crippen molar-refractivity contribution >= 4 is 17.9 Å². The maximum atomic E-state index is 10.8. The van der Waals surface area contributed by atoms with Crippen LogP contribution in [0.25, 0.3) is 0 Å². The highest BCUT2D eigenvalue weighted by Crippen LogP contribution is 2.20. The Morgan fingerprint density at radius 3 is 2.18 bits per heavy atom. The first-order valence-corrected chi connectivity index (χ1v) is 4.37.